The van der Waals surface area contributed by atoms with E-state index in [1.54, 1.807) is 11.3 Å². The van der Waals surface area contributed by atoms with Crippen molar-refractivity contribution in [1.29, 1.82) is 0 Å². The lowest BCUT2D eigenvalue weighted by Crippen LogP contribution is -2.22. The van der Waals surface area contributed by atoms with E-state index < -0.39 is 0 Å². The summed E-state index contributed by atoms with van der Waals surface area (Å²) < 4.78 is 1.17. The van der Waals surface area contributed by atoms with Crippen LogP contribution in [0.4, 0.5) is 0 Å². The third-order valence-corrected chi connectivity index (χ3v) is 4.16. The zero-order chi connectivity index (χ0) is 10.5. The Balaban J connectivity index is 1.84. The minimum absolute atomic E-state index is 0.912. The van der Waals surface area contributed by atoms with Crippen LogP contribution in [-0.2, 0) is 6.54 Å². The first-order chi connectivity index (χ1) is 7.34. The zero-order valence-corrected chi connectivity index (χ0v) is 11.0. The topological polar surface area (TPSA) is 24.4 Å². The van der Waals surface area contributed by atoms with Gasteiger partial charge in [0, 0.05) is 27.7 Å². The van der Waals surface area contributed by atoms with Crippen molar-refractivity contribution in [2.24, 2.45) is 4.99 Å². The molecule has 0 saturated heterocycles. The van der Waals surface area contributed by atoms with Gasteiger partial charge in [-0.2, -0.15) is 0 Å². The van der Waals surface area contributed by atoms with Crippen LogP contribution in [0.15, 0.2) is 20.9 Å². The molecule has 0 radical (unpaired) electrons. The van der Waals surface area contributed by atoms with E-state index in [-0.39, 0.29) is 0 Å². The molecule has 0 fully saturated rings. The molecule has 82 valence electrons. The van der Waals surface area contributed by atoms with Gasteiger partial charge in [0.25, 0.3) is 0 Å². The van der Waals surface area contributed by atoms with Crippen molar-refractivity contribution >= 4 is 33.1 Å². The molecule has 0 aromatic carbocycles. The van der Waals surface area contributed by atoms with E-state index >= 15 is 0 Å². The standard InChI is InChI=1S/C11H15BrN2S/c12-9-6-10(15-8-9)7-14-11-4-2-1-3-5-13-11/h6,8H,1-5,7H2,(H,13,14). The van der Waals surface area contributed by atoms with Gasteiger partial charge in [-0.05, 0) is 34.8 Å². The number of rotatable bonds is 2. The Kier molecular flexibility index (Phi) is 4.20. The van der Waals surface area contributed by atoms with Crippen molar-refractivity contribution in [1.82, 2.24) is 5.32 Å². The molecule has 2 heterocycles. The van der Waals surface area contributed by atoms with Gasteiger partial charge in [-0.1, -0.05) is 6.42 Å². The van der Waals surface area contributed by atoms with Gasteiger partial charge in [0.15, 0.2) is 0 Å². The largest absolute Gasteiger partial charge is 0.369 e. The lowest BCUT2D eigenvalue weighted by Gasteiger charge is -2.06. The molecule has 2 nitrogen and oxygen atoms in total. The highest BCUT2D eigenvalue weighted by molar-refractivity contribution is 9.10. The van der Waals surface area contributed by atoms with Crippen LogP contribution in [0.2, 0.25) is 0 Å². The molecule has 0 saturated carbocycles. The van der Waals surface area contributed by atoms with Gasteiger partial charge in [-0.15, -0.1) is 11.3 Å². The number of nitrogens with one attached hydrogen (secondary N) is 1. The molecule has 0 atom stereocenters. The summed E-state index contributed by atoms with van der Waals surface area (Å²) in [6.07, 6.45) is 4.96. The van der Waals surface area contributed by atoms with Crippen molar-refractivity contribution in [2.75, 3.05) is 6.54 Å². The third kappa shape index (κ3) is 3.61. The monoisotopic (exact) mass is 286 g/mol. The second-order valence-corrected chi connectivity index (χ2v) is 5.64. The van der Waals surface area contributed by atoms with E-state index in [0.717, 1.165) is 19.5 Å². The van der Waals surface area contributed by atoms with E-state index in [9.17, 15) is 0 Å². The Morgan fingerprint density at radius 1 is 1.40 bits per heavy atom. The zero-order valence-electron chi connectivity index (χ0n) is 8.63. The number of hydrogen-bond donors (Lipinski definition) is 1. The Bertz CT molecular complexity index is 346. The Morgan fingerprint density at radius 2 is 2.33 bits per heavy atom. The molecule has 0 bridgehead atoms. The minimum Gasteiger partial charge on any atom is -0.369 e. The molecule has 4 heteroatoms. The van der Waals surface area contributed by atoms with Gasteiger partial charge >= 0.3 is 0 Å². The van der Waals surface area contributed by atoms with Crippen LogP contribution in [0.3, 0.4) is 0 Å². The second-order valence-electron chi connectivity index (χ2n) is 3.72. The molecule has 0 spiro atoms. The lowest BCUT2D eigenvalue weighted by molar-refractivity contribution is 0.728. The van der Waals surface area contributed by atoms with E-state index in [1.807, 2.05) is 0 Å². The molecular weight excluding hydrogens is 272 g/mol. The van der Waals surface area contributed by atoms with Crippen LogP contribution in [0, 0.1) is 0 Å². The first-order valence-electron chi connectivity index (χ1n) is 5.35. The van der Waals surface area contributed by atoms with E-state index in [0.29, 0.717) is 0 Å². The van der Waals surface area contributed by atoms with Gasteiger partial charge in [-0.25, -0.2) is 0 Å². The first kappa shape index (κ1) is 11.1. The van der Waals surface area contributed by atoms with Crippen LogP contribution >= 0.6 is 27.3 Å². The number of aliphatic imine (C=N–C) groups is 1. The van der Waals surface area contributed by atoms with Crippen molar-refractivity contribution in [3.63, 3.8) is 0 Å². The summed E-state index contributed by atoms with van der Waals surface area (Å²) in [5.74, 6) is 1.19. The highest BCUT2D eigenvalue weighted by Crippen LogP contribution is 2.19. The maximum absolute atomic E-state index is 4.54. The van der Waals surface area contributed by atoms with Crippen LogP contribution in [0.5, 0.6) is 0 Å². The van der Waals surface area contributed by atoms with Crippen LogP contribution in [0.25, 0.3) is 0 Å². The predicted molar refractivity (Wildman–Crippen MR) is 69.6 cm³/mol. The number of halogens is 1. The van der Waals surface area contributed by atoms with E-state index in [1.165, 1.54) is 34.4 Å². The van der Waals surface area contributed by atoms with Gasteiger partial charge in [0.1, 0.15) is 0 Å². The van der Waals surface area contributed by atoms with E-state index in [2.05, 4.69) is 37.7 Å². The van der Waals surface area contributed by atoms with Gasteiger partial charge in [-0.3, -0.25) is 4.99 Å². The molecule has 15 heavy (non-hydrogen) atoms. The number of nitrogens with zero attached hydrogens (tertiary/aromatic N) is 1. The van der Waals surface area contributed by atoms with Crippen LogP contribution < -0.4 is 5.32 Å². The summed E-state index contributed by atoms with van der Waals surface area (Å²) in [5.41, 5.74) is 0. The van der Waals surface area contributed by atoms with Crippen LogP contribution in [0.1, 0.15) is 30.6 Å². The highest BCUT2D eigenvalue weighted by Gasteiger charge is 2.04. The average Bonchev–Trinajstić information content (AvgIpc) is 2.52. The van der Waals surface area contributed by atoms with Crippen molar-refractivity contribution in [3.8, 4) is 0 Å². The quantitative estimate of drug-likeness (QED) is 0.883. The van der Waals surface area contributed by atoms with Crippen molar-refractivity contribution in [3.05, 3.63) is 20.8 Å². The number of hydrogen-bond acceptors (Lipinski definition) is 3. The fourth-order valence-corrected chi connectivity index (χ4v) is 3.04. The third-order valence-electron chi connectivity index (χ3n) is 2.46. The van der Waals surface area contributed by atoms with Crippen LogP contribution in [-0.4, -0.2) is 12.4 Å². The fraction of sp³-hybridized carbons (Fsp3) is 0.545. The molecule has 0 unspecified atom stereocenters. The molecule has 1 aliphatic rings. The van der Waals surface area contributed by atoms with Crippen molar-refractivity contribution in [2.45, 2.75) is 32.2 Å². The highest BCUT2D eigenvalue weighted by atomic mass is 79.9. The second kappa shape index (κ2) is 5.66. The molecular formula is C11H15BrN2S. The summed E-state index contributed by atoms with van der Waals surface area (Å²) >= 11 is 5.24. The number of amidine groups is 1. The maximum atomic E-state index is 4.54. The molecule has 1 aromatic heterocycles. The SMILES string of the molecule is Brc1csc(CNC2=NCCCCC2)c1. The Labute approximate surface area is 103 Å². The smallest absolute Gasteiger partial charge is 0.0965 e. The average molecular weight is 287 g/mol. The molecule has 2 rings (SSSR count). The Hall–Kier alpha value is -0.350. The molecule has 1 N–H and O–H groups in total. The molecule has 0 aliphatic carbocycles. The summed E-state index contributed by atoms with van der Waals surface area (Å²) in [7, 11) is 0. The molecule has 1 aromatic rings. The Morgan fingerprint density at radius 3 is 3.13 bits per heavy atom. The molecule has 0 amide bonds. The predicted octanol–water partition coefficient (Wildman–Crippen LogP) is 3.57. The summed E-state index contributed by atoms with van der Waals surface area (Å²) in [6.45, 7) is 1.91. The fourth-order valence-electron chi connectivity index (χ4n) is 1.65. The van der Waals surface area contributed by atoms with Crippen molar-refractivity contribution < 1.29 is 0 Å². The van der Waals surface area contributed by atoms with Gasteiger partial charge < -0.3 is 5.32 Å². The normalized spacial score (nSPS) is 17.0. The summed E-state index contributed by atoms with van der Waals surface area (Å²) in [5, 5.41) is 5.55. The maximum Gasteiger partial charge on any atom is 0.0965 e. The van der Waals surface area contributed by atoms with Gasteiger partial charge in [0.2, 0.25) is 0 Å². The minimum atomic E-state index is 0.912. The number of thiophene rings is 1. The lowest BCUT2D eigenvalue weighted by atomic mass is 10.2. The van der Waals surface area contributed by atoms with Gasteiger partial charge in [0.05, 0.1) is 12.4 Å². The molecule has 1 aliphatic heterocycles. The first-order valence-corrected chi connectivity index (χ1v) is 7.02. The summed E-state index contributed by atoms with van der Waals surface area (Å²) in [4.78, 5) is 5.90. The summed E-state index contributed by atoms with van der Waals surface area (Å²) in [6, 6.07) is 2.16. The van der Waals surface area contributed by atoms with E-state index in [4.69, 9.17) is 0 Å².